The third-order valence-corrected chi connectivity index (χ3v) is 5.74. The molecule has 176 valence electrons. The maximum absolute atomic E-state index is 10.7. The van der Waals surface area contributed by atoms with Crippen LogP contribution in [0.2, 0.25) is 0 Å². The molecule has 0 aliphatic carbocycles. The van der Waals surface area contributed by atoms with E-state index in [-0.39, 0.29) is 19.3 Å². The van der Waals surface area contributed by atoms with Gasteiger partial charge in [0.2, 0.25) is 0 Å². The quantitative estimate of drug-likeness (QED) is 0.620. The number of nitrogen functional groups attached to an aromatic ring is 1. The number of ether oxygens (including phenoxy) is 6. The van der Waals surface area contributed by atoms with Crippen LogP contribution < -0.4 is 5.73 Å². The van der Waals surface area contributed by atoms with Crippen molar-refractivity contribution in [2.45, 2.75) is 82.6 Å². The Morgan fingerprint density at radius 2 is 1.97 bits per heavy atom. The number of rotatable bonds is 6. The molecular formula is C20H29N5O7. The molecule has 3 aliphatic heterocycles. The highest BCUT2D eigenvalue weighted by Crippen LogP contribution is 2.42. The zero-order valence-electron chi connectivity index (χ0n) is 18.5. The lowest BCUT2D eigenvalue weighted by atomic mass is 10.1. The van der Waals surface area contributed by atoms with Crippen molar-refractivity contribution in [2.75, 3.05) is 18.9 Å². The highest BCUT2D eigenvalue weighted by atomic mass is 16.8. The highest BCUT2D eigenvalue weighted by Gasteiger charge is 2.59. The van der Waals surface area contributed by atoms with Crippen LogP contribution in [-0.4, -0.2) is 86.2 Å². The van der Waals surface area contributed by atoms with Gasteiger partial charge in [-0.15, -0.1) is 0 Å². The molecule has 0 aromatic carbocycles. The largest absolute Gasteiger partial charge is 0.389 e. The van der Waals surface area contributed by atoms with E-state index in [9.17, 15) is 5.11 Å². The Morgan fingerprint density at radius 3 is 2.72 bits per heavy atom. The van der Waals surface area contributed by atoms with Crippen molar-refractivity contribution in [3.63, 3.8) is 0 Å². The predicted octanol–water partition coefficient (Wildman–Crippen LogP) is 0.183. The fraction of sp³-hybridized carbons (Fsp3) is 0.750. The van der Waals surface area contributed by atoms with Crippen molar-refractivity contribution >= 4 is 17.0 Å². The van der Waals surface area contributed by atoms with Gasteiger partial charge in [-0.2, -0.15) is 0 Å². The van der Waals surface area contributed by atoms with Gasteiger partial charge < -0.3 is 43.8 Å². The zero-order valence-corrected chi connectivity index (χ0v) is 18.5. The Labute approximate surface area is 184 Å². The molecule has 2 unspecified atom stereocenters. The number of imidazole rings is 1. The number of fused-ring (bicyclic) bond motifs is 2. The Kier molecular flexibility index (Phi) is 5.36. The summed E-state index contributed by atoms with van der Waals surface area (Å²) in [7, 11) is 0. The molecule has 12 nitrogen and oxygen atoms in total. The lowest BCUT2D eigenvalue weighted by molar-refractivity contribution is -0.237. The maximum Gasteiger partial charge on any atom is 0.190 e. The summed E-state index contributed by atoms with van der Waals surface area (Å²) in [5.74, 6) is -1.20. The first-order valence-electron chi connectivity index (χ1n) is 10.7. The molecule has 3 N–H and O–H groups in total. The summed E-state index contributed by atoms with van der Waals surface area (Å²) < 4.78 is 37.6. The molecule has 2 aromatic rings. The number of aliphatic hydroxyl groups is 1. The van der Waals surface area contributed by atoms with Gasteiger partial charge in [0.05, 0.1) is 32.2 Å². The highest BCUT2D eigenvalue weighted by molar-refractivity contribution is 5.81. The third kappa shape index (κ3) is 4.07. The second-order valence-electron chi connectivity index (χ2n) is 9.22. The normalized spacial score (nSPS) is 34.2. The van der Waals surface area contributed by atoms with Crippen LogP contribution in [0.1, 0.15) is 27.7 Å². The Bertz CT molecular complexity index is 982. The standard InChI is InChI=1S/C20H29N5O7/c1-19(2)28-7-11(30-19)13-14(15-18(29-13)32-20(3,4)31-15)27-6-10(26)5-25-9-24-12-16(21)22-8-23-17(12)25/h8-11,13-15,18,26H,5-7H2,1-4H3,(H2,21,22,23)/t10?,11?,13-,14+,15-,18-/m1/s1. The van der Waals surface area contributed by atoms with E-state index in [0.717, 1.165) is 0 Å². The van der Waals surface area contributed by atoms with E-state index in [1.807, 2.05) is 27.7 Å². The third-order valence-electron chi connectivity index (χ3n) is 5.74. The molecule has 3 fully saturated rings. The Balaban J connectivity index is 1.27. The van der Waals surface area contributed by atoms with Crippen LogP contribution in [0.3, 0.4) is 0 Å². The van der Waals surface area contributed by atoms with E-state index in [0.29, 0.717) is 23.6 Å². The van der Waals surface area contributed by atoms with Gasteiger partial charge in [-0.05, 0) is 27.7 Å². The van der Waals surface area contributed by atoms with Crippen molar-refractivity contribution < 1.29 is 33.5 Å². The van der Waals surface area contributed by atoms with Crippen molar-refractivity contribution in [2.24, 2.45) is 0 Å². The van der Waals surface area contributed by atoms with Gasteiger partial charge in [0.1, 0.15) is 36.3 Å². The average Bonchev–Trinajstić information content (AvgIpc) is 3.42. The number of anilines is 1. The van der Waals surface area contributed by atoms with Gasteiger partial charge in [0, 0.05) is 0 Å². The first-order valence-corrected chi connectivity index (χ1v) is 10.7. The number of nitrogens with two attached hydrogens (primary N) is 1. The monoisotopic (exact) mass is 451 g/mol. The summed E-state index contributed by atoms with van der Waals surface area (Å²) in [6.07, 6.45) is -0.241. The second-order valence-corrected chi connectivity index (χ2v) is 9.22. The second kappa shape index (κ2) is 7.83. The van der Waals surface area contributed by atoms with Crippen LogP contribution in [0.5, 0.6) is 0 Å². The van der Waals surface area contributed by atoms with E-state index < -0.39 is 42.3 Å². The summed E-state index contributed by atoms with van der Waals surface area (Å²) in [6, 6.07) is 0. The van der Waals surface area contributed by atoms with E-state index >= 15 is 0 Å². The molecule has 2 aromatic heterocycles. The summed E-state index contributed by atoms with van der Waals surface area (Å²) >= 11 is 0. The topological polar surface area (TPSA) is 145 Å². The molecule has 0 bridgehead atoms. The van der Waals surface area contributed by atoms with E-state index in [2.05, 4.69) is 15.0 Å². The minimum absolute atomic E-state index is 0.0365. The number of aromatic nitrogens is 4. The van der Waals surface area contributed by atoms with Crippen LogP contribution in [0, 0.1) is 0 Å². The predicted molar refractivity (Wildman–Crippen MR) is 109 cm³/mol. The summed E-state index contributed by atoms with van der Waals surface area (Å²) in [5.41, 5.74) is 6.87. The summed E-state index contributed by atoms with van der Waals surface area (Å²) in [5, 5.41) is 10.7. The summed E-state index contributed by atoms with van der Waals surface area (Å²) in [4.78, 5) is 12.3. The smallest absolute Gasteiger partial charge is 0.190 e. The van der Waals surface area contributed by atoms with Crippen molar-refractivity contribution in [3.8, 4) is 0 Å². The lowest BCUT2D eigenvalue weighted by Crippen LogP contribution is -2.45. The van der Waals surface area contributed by atoms with Gasteiger partial charge in [0.15, 0.2) is 29.3 Å². The van der Waals surface area contributed by atoms with Crippen molar-refractivity contribution in [1.82, 2.24) is 19.5 Å². The molecule has 5 heterocycles. The fourth-order valence-corrected chi connectivity index (χ4v) is 4.40. The van der Waals surface area contributed by atoms with Gasteiger partial charge in [-0.3, -0.25) is 0 Å². The number of hydrogen-bond acceptors (Lipinski definition) is 11. The Morgan fingerprint density at radius 1 is 1.16 bits per heavy atom. The van der Waals surface area contributed by atoms with Crippen LogP contribution >= 0.6 is 0 Å². The molecule has 0 spiro atoms. The van der Waals surface area contributed by atoms with Crippen molar-refractivity contribution in [1.29, 1.82) is 0 Å². The molecule has 32 heavy (non-hydrogen) atoms. The lowest BCUT2D eigenvalue weighted by Gasteiger charge is -2.29. The van der Waals surface area contributed by atoms with Gasteiger partial charge in [0.25, 0.3) is 0 Å². The first kappa shape index (κ1) is 21.9. The molecular weight excluding hydrogens is 422 g/mol. The average molecular weight is 451 g/mol. The van der Waals surface area contributed by atoms with Gasteiger partial charge in [-0.25, -0.2) is 15.0 Å². The molecule has 3 aliphatic rings. The van der Waals surface area contributed by atoms with Crippen molar-refractivity contribution in [3.05, 3.63) is 12.7 Å². The van der Waals surface area contributed by atoms with Crippen LogP contribution in [0.15, 0.2) is 12.7 Å². The van der Waals surface area contributed by atoms with Gasteiger partial charge >= 0.3 is 0 Å². The van der Waals surface area contributed by atoms with Crippen LogP contribution in [-0.2, 0) is 35.0 Å². The molecule has 0 amide bonds. The zero-order chi connectivity index (χ0) is 22.7. The van der Waals surface area contributed by atoms with E-state index in [1.165, 1.54) is 6.33 Å². The SMILES string of the molecule is CC1(C)OCC([C@H]2O[C@@H]3OC(C)(C)O[C@@H]3[C@H]2OCC(O)Cn2cnc3c(N)ncnc32)O1. The molecule has 6 atom stereocenters. The number of hydrogen-bond donors (Lipinski definition) is 2. The van der Waals surface area contributed by atoms with Crippen LogP contribution in [0.25, 0.3) is 11.2 Å². The molecule has 5 rings (SSSR count). The molecule has 3 saturated heterocycles. The van der Waals surface area contributed by atoms with Crippen LogP contribution in [0.4, 0.5) is 5.82 Å². The fourth-order valence-electron chi connectivity index (χ4n) is 4.40. The molecule has 0 radical (unpaired) electrons. The number of aliphatic hydroxyl groups excluding tert-OH is 1. The first-order chi connectivity index (χ1) is 15.1. The van der Waals surface area contributed by atoms with E-state index in [1.54, 1.807) is 10.9 Å². The van der Waals surface area contributed by atoms with Gasteiger partial charge in [-0.1, -0.05) is 0 Å². The minimum Gasteiger partial charge on any atom is -0.389 e. The Hall–Kier alpha value is -1.93. The molecule has 0 saturated carbocycles. The maximum atomic E-state index is 10.7. The number of nitrogens with zero attached hydrogens (tertiary/aromatic N) is 4. The minimum atomic E-state index is -0.837. The summed E-state index contributed by atoms with van der Waals surface area (Å²) in [6.45, 7) is 7.98. The van der Waals surface area contributed by atoms with E-state index in [4.69, 9.17) is 34.2 Å². The molecule has 12 heteroatoms.